The number of nitrogens with one attached hydrogen (secondary N) is 1. The van der Waals surface area contributed by atoms with E-state index in [9.17, 15) is 9.59 Å². The normalized spacial score (nSPS) is 10.5. The van der Waals surface area contributed by atoms with Crippen LogP contribution in [0.2, 0.25) is 0 Å². The molecule has 0 aliphatic carbocycles. The van der Waals surface area contributed by atoms with Gasteiger partial charge >= 0.3 is 0 Å². The zero-order valence-corrected chi connectivity index (χ0v) is 16.3. The average molecular weight is 383 g/mol. The Hall–Kier alpha value is -2.66. The lowest BCUT2D eigenvalue weighted by Gasteiger charge is -2.23. The number of rotatable bonds is 12. The van der Waals surface area contributed by atoms with E-state index >= 15 is 0 Å². The summed E-state index contributed by atoms with van der Waals surface area (Å²) in [7, 11) is 0. The predicted molar refractivity (Wildman–Crippen MR) is 110 cm³/mol. The van der Waals surface area contributed by atoms with Crippen molar-refractivity contribution in [2.45, 2.75) is 51.5 Å². The molecule has 0 aromatic heterocycles. The summed E-state index contributed by atoms with van der Waals surface area (Å²) in [5.74, 6) is -0.182. The summed E-state index contributed by atoms with van der Waals surface area (Å²) in [5, 5.41) is 8.48. The number of hydrogen-bond donors (Lipinski definition) is 2. The Kier molecular flexibility index (Phi) is 9.80. The Bertz CT molecular complexity index is 704. The van der Waals surface area contributed by atoms with Crippen molar-refractivity contribution in [3.8, 4) is 0 Å². The molecule has 0 atom stereocenters. The second-order valence-corrected chi connectivity index (χ2v) is 6.99. The van der Waals surface area contributed by atoms with Crippen LogP contribution in [0.5, 0.6) is 0 Å². The van der Waals surface area contributed by atoms with Gasteiger partial charge in [0.2, 0.25) is 11.8 Å². The largest absolute Gasteiger partial charge is 0.338 e. The van der Waals surface area contributed by atoms with Crippen LogP contribution in [0.4, 0.5) is 0 Å². The first-order valence-electron chi connectivity index (χ1n) is 9.97. The standard InChI is InChI=1S/C23H30N2O3/c26-22(24-28)15-9-1-2-10-16-23(27)25(19-21-13-7-4-8-14-21)18-17-20-11-5-3-6-12-20/h3-8,11-14,28H,1-2,9-10,15-19H2,(H,24,26). The van der Waals surface area contributed by atoms with Crippen LogP contribution in [-0.4, -0.2) is 28.5 Å². The number of benzene rings is 2. The van der Waals surface area contributed by atoms with Gasteiger partial charge in [-0.3, -0.25) is 14.8 Å². The summed E-state index contributed by atoms with van der Waals surface area (Å²) in [4.78, 5) is 25.7. The van der Waals surface area contributed by atoms with Gasteiger partial charge in [0.1, 0.15) is 0 Å². The minimum Gasteiger partial charge on any atom is -0.338 e. The molecule has 2 aromatic carbocycles. The number of carbonyl (C=O) groups excluding carboxylic acids is 2. The van der Waals surface area contributed by atoms with Gasteiger partial charge in [0.25, 0.3) is 0 Å². The third-order valence-electron chi connectivity index (χ3n) is 4.75. The molecule has 0 spiro atoms. The van der Waals surface area contributed by atoms with Gasteiger partial charge in [-0.2, -0.15) is 0 Å². The lowest BCUT2D eigenvalue weighted by molar-refractivity contribution is -0.132. The van der Waals surface area contributed by atoms with Crippen molar-refractivity contribution >= 4 is 11.8 Å². The molecule has 2 amide bonds. The second-order valence-electron chi connectivity index (χ2n) is 6.99. The van der Waals surface area contributed by atoms with Crippen LogP contribution in [0.15, 0.2) is 60.7 Å². The van der Waals surface area contributed by atoms with Gasteiger partial charge < -0.3 is 4.90 Å². The fourth-order valence-electron chi connectivity index (χ4n) is 3.13. The molecule has 0 fully saturated rings. The Morgan fingerprint density at radius 1 is 0.786 bits per heavy atom. The van der Waals surface area contributed by atoms with Crippen LogP contribution >= 0.6 is 0 Å². The quantitative estimate of drug-likeness (QED) is 0.330. The first-order chi connectivity index (χ1) is 13.7. The van der Waals surface area contributed by atoms with Gasteiger partial charge in [0, 0.05) is 25.9 Å². The van der Waals surface area contributed by atoms with Gasteiger partial charge in [-0.15, -0.1) is 0 Å². The molecule has 2 aromatic rings. The molecule has 28 heavy (non-hydrogen) atoms. The van der Waals surface area contributed by atoms with E-state index in [0.29, 0.717) is 25.9 Å². The van der Waals surface area contributed by atoms with E-state index in [1.165, 1.54) is 5.56 Å². The smallest absolute Gasteiger partial charge is 0.243 e. The van der Waals surface area contributed by atoms with Crippen LogP contribution in [-0.2, 0) is 22.6 Å². The SMILES string of the molecule is O=C(CCCCCCC(=O)N(CCc1ccccc1)Cc1ccccc1)NO. The molecule has 0 bridgehead atoms. The zero-order valence-electron chi connectivity index (χ0n) is 16.3. The molecule has 0 unspecified atom stereocenters. The molecule has 0 saturated carbocycles. The van der Waals surface area contributed by atoms with Crippen LogP contribution in [0.1, 0.15) is 49.7 Å². The highest BCUT2D eigenvalue weighted by molar-refractivity contribution is 5.76. The van der Waals surface area contributed by atoms with Gasteiger partial charge in [-0.05, 0) is 30.4 Å². The van der Waals surface area contributed by atoms with Crippen molar-refractivity contribution in [2.75, 3.05) is 6.54 Å². The summed E-state index contributed by atoms with van der Waals surface area (Å²) in [5.41, 5.74) is 4.01. The minimum absolute atomic E-state index is 0.174. The van der Waals surface area contributed by atoms with Crippen molar-refractivity contribution in [2.24, 2.45) is 0 Å². The number of unbranched alkanes of at least 4 members (excludes halogenated alkanes) is 3. The molecule has 0 aliphatic heterocycles. The summed E-state index contributed by atoms with van der Waals surface area (Å²) >= 11 is 0. The Balaban J connectivity index is 1.81. The van der Waals surface area contributed by atoms with E-state index in [1.54, 1.807) is 5.48 Å². The first-order valence-corrected chi connectivity index (χ1v) is 9.97. The maximum Gasteiger partial charge on any atom is 0.243 e. The maximum atomic E-state index is 12.8. The van der Waals surface area contributed by atoms with Crippen LogP contribution in [0.25, 0.3) is 0 Å². The molecular formula is C23H30N2O3. The van der Waals surface area contributed by atoms with Crippen molar-refractivity contribution < 1.29 is 14.8 Å². The van der Waals surface area contributed by atoms with Crippen LogP contribution in [0.3, 0.4) is 0 Å². The van der Waals surface area contributed by atoms with Gasteiger partial charge in [-0.1, -0.05) is 73.5 Å². The first kappa shape index (κ1) is 21.6. The van der Waals surface area contributed by atoms with Gasteiger partial charge in [0.15, 0.2) is 0 Å². The number of carbonyl (C=O) groups is 2. The van der Waals surface area contributed by atoms with Crippen molar-refractivity contribution in [1.82, 2.24) is 10.4 Å². The van der Waals surface area contributed by atoms with Crippen LogP contribution in [0, 0.1) is 0 Å². The molecule has 150 valence electrons. The Labute approximate surface area is 167 Å². The van der Waals surface area contributed by atoms with Gasteiger partial charge in [0.05, 0.1) is 0 Å². The van der Waals surface area contributed by atoms with E-state index in [4.69, 9.17) is 5.21 Å². The summed E-state index contributed by atoms with van der Waals surface area (Å²) in [6.45, 7) is 1.33. The van der Waals surface area contributed by atoms with Crippen molar-refractivity contribution in [3.63, 3.8) is 0 Å². The van der Waals surface area contributed by atoms with Crippen molar-refractivity contribution in [3.05, 3.63) is 71.8 Å². The third kappa shape index (κ3) is 8.35. The highest BCUT2D eigenvalue weighted by atomic mass is 16.5. The highest BCUT2D eigenvalue weighted by Gasteiger charge is 2.14. The topological polar surface area (TPSA) is 69.6 Å². The summed E-state index contributed by atoms with van der Waals surface area (Å²) in [6.07, 6.45) is 5.01. The molecule has 0 aliphatic rings. The van der Waals surface area contributed by atoms with E-state index in [-0.39, 0.29) is 11.8 Å². The Morgan fingerprint density at radius 2 is 1.36 bits per heavy atom. The maximum absolute atomic E-state index is 12.8. The molecule has 2 N–H and O–H groups in total. The van der Waals surface area contributed by atoms with Crippen LogP contribution < -0.4 is 5.48 Å². The fourth-order valence-corrected chi connectivity index (χ4v) is 3.13. The summed E-state index contributed by atoms with van der Waals surface area (Å²) in [6, 6.07) is 20.3. The predicted octanol–water partition coefficient (Wildman–Crippen LogP) is 4.10. The van der Waals surface area contributed by atoms with Crippen molar-refractivity contribution in [1.29, 1.82) is 0 Å². The lowest BCUT2D eigenvalue weighted by Crippen LogP contribution is -2.32. The molecular weight excluding hydrogens is 352 g/mol. The van der Waals surface area contributed by atoms with E-state index in [2.05, 4.69) is 24.3 Å². The van der Waals surface area contributed by atoms with E-state index < -0.39 is 0 Å². The number of hydrogen-bond acceptors (Lipinski definition) is 3. The lowest BCUT2D eigenvalue weighted by atomic mass is 10.1. The zero-order chi connectivity index (χ0) is 20.0. The monoisotopic (exact) mass is 382 g/mol. The minimum atomic E-state index is -0.356. The van der Waals surface area contributed by atoms with E-state index in [1.807, 2.05) is 41.3 Å². The molecule has 2 rings (SSSR count). The average Bonchev–Trinajstić information content (AvgIpc) is 2.74. The van der Waals surface area contributed by atoms with Gasteiger partial charge in [-0.25, -0.2) is 5.48 Å². The number of amides is 2. The molecule has 5 heteroatoms. The molecule has 5 nitrogen and oxygen atoms in total. The third-order valence-corrected chi connectivity index (χ3v) is 4.75. The Morgan fingerprint density at radius 3 is 1.96 bits per heavy atom. The fraction of sp³-hybridized carbons (Fsp3) is 0.391. The molecule has 0 heterocycles. The number of nitrogens with zero attached hydrogens (tertiary/aromatic N) is 1. The molecule has 0 saturated heterocycles. The second kappa shape index (κ2) is 12.7. The summed E-state index contributed by atoms with van der Waals surface area (Å²) < 4.78 is 0. The van der Waals surface area contributed by atoms with E-state index in [0.717, 1.165) is 37.7 Å². The highest BCUT2D eigenvalue weighted by Crippen LogP contribution is 2.12. The number of hydroxylamine groups is 1. The molecule has 0 radical (unpaired) electrons.